The molecule has 0 aromatic carbocycles. The Labute approximate surface area is 120 Å². The van der Waals surface area contributed by atoms with Crippen LogP contribution in [0.3, 0.4) is 0 Å². The molecule has 0 N–H and O–H groups in total. The first-order valence-corrected chi connectivity index (χ1v) is 8.18. The summed E-state index contributed by atoms with van der Waals surface area (Å²) < 4.78 is 0. The minimum atomic E-state index is 0.341. The molecule has 19 heavy (non-hydrogen) atoms. The summed E-state index contributed by atoms with van der Waals surface area (Å²) in [7, 11) is 0. The average molecular weight is 267 g/mol. The SMILES string of the molecule is CCC=CCCC(=O)N(CCCCC)CCCCC. The molecule has 0 aliphatic heterocycles. The first-order valence-electron chi connectivity index (χ1n) is 8.18. The fraction of sp³-hybridized carbons (Fsp3) is 0.824. The number of hydrogen-bond acceptors (Lipinski definition) is 1. The van der Waals surface area contributed by atoms with Crippen molar-refractivity contribution in [2.75, 3.05) is 13.1 Å². The number of rotatable bonds is 12. The molecular formula is C17H33NO. The van der Waals surface area contributed by atoms with Gasteiger partial charge in [-0.05, 0) is 25.7 Å². The molecule has 112 valence electrons. The van der Waals surface area contributed by atoms with Crippen LogP contribution in [-0.2, 0) is 4.79 Å². The molecule has 0 fully saturated rings. The van der Waals surface area contributed by atoms with Gasteiger partial charge in [0.05, 0.1) is 0 Å². The van der Waals surface area contributed by atoms with Crippen molar-refractivity contribution in [3.05, 3.63) is 12.2 Å². The average Bonchev–Trinajstić information content (AvgIpc) is 2.42. The predicted octanol–water partition coefficient (Wildman–Crippen LogP) is 4.94. The highest BCUT2D eigenvalue weighted by molar-refractivity contribution is 5.76. The number of nitrogens with zero attached hydrogens (tertiary/aromatic N) is 1. The summed E-state index contributed by atoms with van der Waals surface area (Å²) in [5, 5.41) is 0. The van der Waals surface area contributed by atoms with Crippen LogP contribution in [0.4, 0.5) is 0 Å². The van der Waals surface area contributed by atoms with Gasteiger partial charge in [0.1, 0.15) is 0 Å². The first-order chi connectivity index (χ1) is 9.26. The second-order valence-electron chi connectivity index (χ2n) is 5.21. The zero-order valence-electron chi connectivity index (χ0n) is 13.3. The summed E-state index contributed by atoms with van der Waals surface area (Å²) in [6.45, 7) is 8.44. The van der Waals surface area contributed by atoms with Crippen LogP contribution >= 0.6 is 0 Å². The van der Waals surface area contributed by atoms with Crippen LogP contribution in [-0.4, -0.2) is 23.9 Å². The quantitative estimate of drug-likeness (QED) is 0.362. The third-order valence-electron chi connectivity index (χ3n) is 3.34. The lowest BCUT2D eigenvalue weighted by atomic mass is 10.2. The second kappa shape index (κ2) is 13.6. The van der Waals surface area contributed by atoms with Gasteiger partial charge in [-0.2, -0.15) is 0 Å². The van der Waals surface area contributed by atoms with Crippen molar-refractivity contribution in [1.82, 2.24) is 4.90 Å². The first kappa shape index (κ1) is 18.2. The van der Waals surface area contributed by atoms with Gasteiger partial charge >= 0.3 is 0 Å². The maximum atomic E-state index is 12.2. The zero-order chi connectivity index (χ0) is 14.3. The minimum absolute atomic E-state index is 0.341. The summed E-state index contributed by atoms with van der Waals surface area (Å²) in [6, 6.07) is 0. The van der Waals surface area contributed by atoms with Crippen LogP contribution in [0.2, 0.25) is 0 Å². The molecule has 1 amide bonds. The minimum Gasteiger partial charge on any atom is -0.343 e. The lowest BCUT2D eigenvalue weighted by Gasteiger charge is -2.22. The largest absolute Gasteiger partial charge is 0.343 e. The molecule has 2 heteroatoms. The molecule has 0 atom stereocenters. The highest BCUT2D eigenvalue weighted by Gasteiger charge is 2.11. The summed E-state index contributed by atoms with van der Waals surface area (Å²) in [6.07, 6.45) is 14.1. The van der Waals surface area contributed by atoms with Gasteiger partial charge in [-0.15, -0.1) is 0 Å². The van der Waals surface area contributed by atoms with E-state index in [2.05, 4.69) is 37.8 Å². The Hall–Kier alpha value is -0.790. The topological polar surface area (TPSA) is 20.3 Å². The lowest BCUT2D eigenvalue weighted by molar-refractivity contribution is -0.131. The van der Waals surface area contributed by atoms with Gasteiger partial charge in [-0.1, -0.05) is 58.6 Å². The predicted molar refractivity (Wildman–Crippen MR) is 84.3 cm³/mol. The standard InChI is InChI=1S/C17H33NO/c1-4-7-10-11-14-17(19)18(15-12-8-5-2)16-13-9-6-3/h7,10H,4-6,8-9,11-16H2,1-3H3. The van der Waals surface area contributed by atoms with Crippen LogP contribution in [0.25, 0.3) is 0 Å². The highest BCUT2D eigenvalue weighted by atomic mass is 16.2. The number of amides is 1. The van der Waals surface area contributed by atoms with E-state index in [1.54, 1.807) is 0 Å². The maximum absolute atomic E-state index is 12.2. The molecule has 0 aliphatic rings. The van der Waals surface area contributed by atoms with Gasteiger partial charge in [0.15, 0.2) is 0 Å². The van der Waals surface area contributed by atoms with Crippen molar-refractivity contribution in [2.45, 2.75) is 78.6 Å². The Balaban J connectivity index is 4.04. The number of hydrogen-bond donors (Lipinski definition) is 0. The lowest BCUT2D eigenvalue weighted by Crippen LogP contribution is -2.32. The van der Waals surface area contributed by atoms with Crippen molar-refractivity contribution in [1.29, 1.82) is 0 Å². The number of allylic oxidation sites excluding steroid dienone is 2. The fourth-order valence-electron chi connectivity index (χ4n) is 2.12. The van der Waals surface area contributed by atoms with Gasteiger partial charge in [0.2, 0.25) is 5.91 Å². The smallest absolute Gasteiger partial charge is 0.222 e. The molecule has 0 spiro atoms. The van der Waals surface area contributed by atoms with Gasteiger partial charge < -0.3 is 4.90 Å². The normalized spacial score (nSPS) is 11.1. The van der Waals surface area contributed by atoms with E-state index in [1.807, 2.05) is 0 Å². The Morgan fingerprint density at radius 1 is 0.895 bits per heavy atom. The van der Waals surface area contributed by atoms with E-state index in [-0.39, 0.29) is 0 Å². The van der Waals surface area contributed by atoms with E-state index < -0.39 is 0 Å². The van der Waals surface area contributed by atoms with Crippen LogP contribution in [0.15, 0.2) is 12.2 Å². The summed E-state index contributed by atoms with van der Waals surface area (Å²) in [5.41, 5.74) is 0. The molecule has 0 saturated heterocycles. The summed E-state index contributed by atoms with van der Waals surface area (Å²) >= 11 is 0. The van der Waals surface area contributed by atoms with Gasteiger partial charge in [0.25, 0.3) is 0 Å². The van der Waals surface area contributed by atoms with Crippen molar-refractivity contribution in [3.63, 3.8) is 0 Å². The monoisotopic (exact) mass is 267 g/mol. The molecule has 0 bridgehead atoms. The van der Waals surface area contributed by atoms with Crippen molar-refractivity contribution in [3.8, 4) is 0 Å². The van der Waals surface area contributed by atoms with Gasteiger partial charge in [-0.3, -0.25) is 4.79 Å². The Morgan fingerprint density at radius 2 is 1.47 bits per heavy atom. The molecule has 0 rings (SSSR count). The van der Waals surface area contributed by atoms with E-state index in [1.165, 1.54) is 25.7 Å². The molecule has 0 radical (unpaired) electrons. The van der Waals surface area contributed by atoms with E-state index in [0.717, 1.165) is 38.8 Å². The van der Waals surface area contributed by atoms with Gasteiger partial charge in [0, 0.05) is 19.5 Å². The molecule has 0 aliphatic carbocycles. The van der Waals surface area contributed by atoms with Crippen molar-refractivity contribution >= 4 is 5.91 Å². The van der Waals surface area contributed by atoms with E-state index in [0.29, 0.717) is 12.3 Å². The molecule has 0 unspecified atom stereocenters. The number of carbonyl (C=O) groups is 1. The second-order valence-corrected chi connectivity index (χ2v) is 5.21. The molecule has 2 nitrogen and oxygen atoms in total. The molecule has 0 aromatic rings. The zero-order valence-corrected chi connectivity index (χ0v) is 13.3. The van der Waals surface area contributed by atoms with Crippen molar-refractivity contribution < 1.29 is 4.79 Å². The van der Waals surface area contributed by atoms with Crippen LogP contribution in [0, 0.1) is 0 Å². The Bertz CT molecular complexity index is 225. The Kier molecular flexibility index (Phi) is 13.1. The Morgan fingerprint density at radius 3 is 1.95 bits per heavy atom. The van der Waals surface area contributed by atoms with Crippen LogP contribution in [0.1, 0.15) is 78.6 Å². The highest BCUT2D eigenvalue weighted by Crippen LogP contribution is 2.06. The summed E-state index contributed by atoms with van der Waals surface area (Å²) in [4.78, 5) is 14.3. The van der Waals surface area contributed by atoms with Gasteiger partial charge in [-0.25, -0.2) is 0 Å². The molecule has 0 saturated carbocycles. The van der Waals surface area contributed by atoms with E-state index in [9.17, 15) is 4.79 Å². The van der Waals surface area contributed by atoms with E-state index in [4.69, 9.17) is 0 Å². The summed E-state index contributed by atoms with van der Waals surface area (Å²) in [5.74, 6) is 0.341. The van der Waals surface area contributed by atoms with E-state index >= 15 is 0 Å². The molecule has 0 heterocycles. The number of carbonyl (C=O) groups excluding carboxylic acids is 1. The number of unbranched alkanes of at least 4 members (excludes halogenated alkanes) is 4. The van der Waals surface area contributed by atoms with Crippen LogP contribution in [0.5, 0.6) is 0 Å². The molecular weight excluding hydrogens is 234 g/mol. The third-order valence-corrected chi connectivity index (χ3v) is 3.34. The molecule has 0 aromatic heterocycles. The van der Waals surface area contributed by atoms with Crippen LogP contribution < -0.4 is 0 Å². The third kappa shape index (κ3) is 10.8. The maximum Gasteiger partial charge on any atom is 0.222 e. The fourth-order valence-corrected chi connectivity index (χ4v) is 2.12. The van der Waals surface area contributed by atoms with Crippen molar-refractivity contribution in [2.24, 2.45) is 0 Å².